The molecule has 2 aromatic heterocycles. The van der Waals surface area contributed by atoms with Crippen molar-refractivity contribution in [1.82, 2.24) is 15.0 Å². The Bertz CT molecular complexity index is 322. The molecule has 2 rings (SSSR count). The van der Waals surface area contributed by atoms with E-state index in [1.807, 2.05) is 0 Å². The Labute approximate surface area is 53.2 Å². The van der Waals surface area contributed by atoms with Crippen LogP contribution in [0.2, 0.25) is 0 Å². The molecule has 3 nitrogen and oxygen atoms in total. The molecule has 0 aliphatic heterocycles. The van der Waals surface area contributed by atoms with Gasteiger partial charge < -0.3 is 4.98 Å². The monoisotopic (exact) mass is 120 g/mol. The van der Waals surface area contributed by atoms with Crippen molar-refractivity contribution in [3.8, 4) is 0 Å². The van der Waals surface area contributed by atoms with Crippen LogP contribution in [0, 0.1) is 0 Å². The molecule has 2 heterocycles. The van der Waals surface area contributed by atoms with Crippen LogP contribution in [-0.2, 0) is 0 Å². The predicted octanol–water partition coefficient (Wildman–Crippen LogP) is 0.958. The minimum Gasteiger partial charge on any atom is -0.343 e. The number of nitrogens with zero attached hydrogens (tertiary/aromatic N) is 2. The first-order chi connectivity index (χ1) is 4.86. The highest BCUT2D eigenvalue weighted by Gasteiger charge is 1.89. The van der Waals surface area contributed by atoms with Gasteiger partial charge in [0.05, 0.1) is 23.5 Å². The van der Waals surface area contributed by atoms with Gasteiger partial charge in [0.2, 0.25) is 0 Å². The minimum atomic E-state index is 0.183. The Morgan fingerprint density at radius 2 is 2.67 bits per heavy atom. The van der Waals surface area contributed by atoms with E-state index in [4.69, 9.17) is 1.37 Å². The smallest absolute Gasteiger partial charge is 0.104 e. The Morgan fingerprint density at radius 3 is 3.56 bits per heavy atom. The summed E-state index contributed by atoms with van der Waals surface area (Å²) in [6.45, 7) is 0. The quantitative estimate of drug-likeness (QED) is 0.562. The molecule has 0 fully saturated rings. The maximum absolute atomic E-state index is 7.13. The van der Waals surface area contributed by atoms with Gasteiger partial charge in [-0.05, 0) is 6.07 Å². The Balaban J connectivity index is 2.88. The number of aromatic amines is 1. The molecule has 1 N–H and O–H groups in total. The summed E-state index contributed by atoms with van der Waals surface area (Å²) >= 11 is 0. The van der Waals surface area contributed by atoms with Crippen molar-refractivity contribution >= 4 is 11.0 Å². The van der Waals surface area contributed by atoms with Crippen LogP contribution in [0.15, 0.2) is 24.8 Å². The number of nitrogens with one attached hydrogen (secondary N) is 1. The number of hydrogen-bond donors (Lipinski definition) is 1. The highest BCUT2D eigenvalue weighted by atomic mass is 14.9. The largest absolute Gasteiger partial charge is 0.343 e. The van der Waals surface area contributed by atoms with Crippen molar-refractivity contribution in [3.05, 3.63) is 24.8 Å². The highest BCUT2D eigenvalue weighted by Crippen LogP contribution is 2.03. The second kappa shape index (κ2) is 1.55. The van der Waals surface area contributed by atoms with E-state index in [0.29, 0.717) is 0 Å². The number of fused-ring (bicyclic) bond motifs is 1. The Kier molecular flexibility index (Phi) is 0.621. The second-order valence-corrected chi connectivity index (χ2v) is 1.74. The molecular weight excluding hydrogens is 114 g/mol. The van der Waals surface area contributed by atoms with E-state index >= 15 is 0 Å². The Hall–Kier alpha value is -1.38. The van der Waals surface area contributed by atoms with Gasteiger partial charge in [-0.2, -0.15) is 0 Å². The summed E-state index contributed by atoms with van der Waals surface area (Å²) in [5, 5.41) is 0. The first kappa shape index (κ1) is 3.61. The fourth-order valence-electron chi connectivity index (χ4n) is 0.729. The molecule has 0 unspecified atom stereocenters. The van der Waals surface area contributed by atoms with E-state index in [9.17, 15) is 0 Å². The normalized spacial score (nSPS) is 11.8. The average Bonchev–Trinajstić information content (AvgIpc) is 2.27. The molecular formula is C6H5N3. The molecule has 2 aromatic rings. The zero-order chi connectivity index (χ0) is 6.97. The zero-order valence-corrected chi connectivity index (χ0v) is 4.63. The van der Waals surface area contributed by atoms with Crippen molar-refractivity contribution in [1.29, 1.82) is 0 Å². The van der Waals surface area contributed by atoms with Crippen LogP contribution in [0.4, 0.5) is 0 Å². The predicted molar refractivity (Wildman–Crippen MR) is 33.9 cm³/mol. The lowest BCUT2D eigenvalue weighted by atomic mass is 10.4. The summed E-state index contributed by atoms with van der Waals surface area (Å²) in [5.74, 6) is 0. The van der Waals surface area contributed by atoms with Gasteiger partial charge in [-0.25, -0.2) is 4.98 Å². The minimum absolute atomic E-state index is 0.183. The third kappa shape index (κ3) is 0.579. The summed E-state index contributed by atoms with van der Waals surface area (Å²) < 4.78 is 7.13. The van der Waals surface area contributed by atoms with Crippen LogP contribution in [0.1, 0.15) is 1.37 Å². The lowest BCUT2D eigenvalue weighted by Gasteiger charge is -1.80. The molecule has 0 saturated heterocycles. The third-order valence-corrected chi connectivity index (χ3v) is 1.16. The summed E-state index contributed by atoms with van der Waals surface area (Å²) in [7, 11) is 0. The molecule has 0 atom stereocenters. The summed E-state index contributed by atoms with van der Waals surface area (Å²) in [4.78, 5) is 10.5. The van der Waals surface area contributed by atoms with Gasteiger partial charge in [-0.1, -0.05) is 0 Å². The SMILES string of the molecule is [2H]c1nc2ccncc2[nH]1. The van der Waals surface area contributed by atoms with Gasteiger partial charge in [0.15, 0.2) is 0 Å². The van der Waals surface area contributed by atoms with Crippen LogP contribution in [-0.4, -0.2) is 15.0 Å². The zero-order valence-electron chi connectivity index (χ0n) is 5.63. The van der Waals surface area contributed by atoms with Crippen LogP contribution < -0.4 is 0 Å². The van der Waals surface area contributed by atoms with Crippen molar-refractivity contribution in [2.45, 2.75) is 0 Å². The first-order valence-electron chi connectivity index (χ1n) is 3.12. The van der Waals surface area contributed by atoms with E-state index in [1.165, 1.54) is 0 Å². The molecule has 0 radical (unpaired) electrons. The van der Waals surface area contributed by atoms with E-state index in [1.54, 1.807) is 18.5 Å². The van der Waals surface area contributed by atoms with Crippen molar-refractivity contribution in [2.24, 2.45) is 0 Å². The number of imidazole rings is 1. The molecule has 9 heavy (non-hydrogen) atoms. The standard InChI is InChI=1S/C6H5N3/c1-2-7-3-6-5(1)8-4-9-6/h1-4H,(H,8,9)/i4D. The third-order valence-electron chi connectivity index (χ3n) is 1.16. The molecule has 0 spiro atoms. The van der Waals surface area contributed by atoms with Crippen molar-refractivity contribution in [3.63, 3.8) is 0 Å². The van der Waals surface area contributed by atoms with E-state index in [2.05, 4.69) is 15.0 Å². The van der Waals surface area contributed by atoms with Crippen molar-refractivity contribution in [2.75, 3.05) is 0 Å². The maximum atomic E-state index is 7.13. The fourth-order valence-corrected chi connectivity index (χ4v) is 0.729. The molecule has 0 aliphatic carbocycles. The fraction of sp³-hybridized carbons (Fsp3) is 0. The number of hydrogen-bond acceptors (Lipinski definition) is 2. The second-order valence-electron chi connectivity index (χ2n) is 1.74. The molecule has 0 amide bonds. The van der Waals surface area contributed by atoms with Gasteiger partial charge in [0.25, 0.3) is 0 Å². The van der Waals surface area contributed by atoms with Gasteiger partial charge in [-0.3, -0.25) is 4.98 Å². The van der Waals surface area contributed by atoms with E-state index in [0.717, 1.165) is 11.0 Å². The lowest BCUT2D eigenvalue weighted by molar-refractivity contribution is 1.33. The topological polar surface area (TPSA) is 41.6 Å². The van der Waals surface area contributed by atoms with Crippen LogP contribution in [0.5, 0.6) is 0 Å². The van der Waals surface area contributed by atoms with E-state index in [-0.39, 0.29) is 6.30 Å². The maximum Gasteiger partial charge on any atom is 0.104 e. The number of pyridine rings is 1. The number of rotatable bonds is 0. The van der Waals surface area contributed by atoms with Gasteiger partial charge in [0, 0.05) is 6.20 Å². The summed E-state index contributed by atoms with van der Waals surface area (Å²) in [6.07, 6.45) is 3.49. The summed E-state index contributed by atoms with van der Waals surface area (Å²) in [5.41, 5.74) is 1.60. The first-order valence-corrected chi connectivity index (χ1v) is 2.62. The number of aromatic nitrogens is 3. The van der Waals surface area contributed by atoms with Crippen LogP contribution in [0.3, 0.4) is 0 Å². The molecule has 0 saturated carbocycles. The molecule has 44 valence electrons. The Morgan fingerprint density at radius 1 is 1.67 bits per heavy atom. The molecule has 0 aromatic carbocycles. The van der Waals surface area contributed by atoms with Gasteiger partial charge in [0.1, 0.15) is 1.37 Å². The molecule has 0 bridgehead atoms. The number of H-pyrrole nitrogens is 1. The average molecular weight is 120 g/mol. The van der Waals surface area contributed by atoms with Crippen LogP contribution in [0.25, 0.3) is 11.0 Å². The van der Waals surface area contributed by atoms with Crippen LogP contribution >= 0.6 is 0 Å². The lowest BCUT2D eigenvalue weighted by Crippen LogP contribution is -1.69. The summed E-state index contributed by atoms with van der Waals surface area (Å²) in [6, 6.07) is 1.77. The van der Waals surface area contributed by atoms with E-state index < -0.39 is 0 Å². The highest BCUT2D eigenvalue weighted by molar-refractivity contribution is 5.72. The van der Waals surface area contributed by atoms with Crippen molar-refractivity contribution < 1.29 is 1.37 Å². The van der Waals surface area contributed by atoms with Gasteiger partial charge >= 0.3 is 0 Å². The molecule has 3 heteroatoms. The molecule has 0 aliphatic rings. The van der Waals surface area contributed by atoms with Gasteiger partial charge in [-0.15, -0.1) is 0 Å².